The highest BCUT2D eigenvalue weighted by Crippen LogP contribution is 2.40. The van der Waals surface area contributed by atoms with Gasteiger partial charge in [0.2, 0.25) is 0 Å². The minimum absolute atomic E-state index is 0.0867. The molecule has 0 unspecified atom stereocenters. The Hall–Kier alpha value is -1.03. The molecule has 1 aromatic rings. The third kappa shape index (κ3) is 1.08. The zero-order valence-corrected chi connectivity index (χ0v) is 6.30. The van der Waals surface area contributed by atoms with Crippen LogP contribution in [0.4, 0.5) is 8.78 Å². The highest BCUT2D eigenvalue weighted by Gasteiger charge is 2.38. The van der Waals surface area contributed by atoms with Crippen LogP contribution in [0.2, 0.25) is 0 Å². The Morgan fingerprint density at radius 1 is 1.33 bits per heavy atom. The molecule has 12 heavy (non-hydrogen) atoms. The molecule has 1 aliphatic rings. The van der Waals surface area contributed by atoms with Gasteiger partial charge in [0.15, 0.2) is 0 Å². The number of halogens is 2. The SMILES string of the molecule is N[C@@H]1C[C@H]1c1c(F)cncc1F. The van der Waals surface area contributed by atoms with E-state index in [4.69, 9.17) is 5.73 Å². The van der Waals surface area contributed by atoms with Crippen LogP contribution in [0.15, 0.2) is 12.4 Å². The maximum Gasteiger partial charge on any atom is 0.147 e. The summed E-state index contributed by atoms with van der Waals surface area (Å²) in [4.78, 5) is 3.39. The third-order valence-corrected chi connectivity index (χ3v) is 2.10. The van der Waals surface area contributed by atoms with Crippen LogP contribution >= 0.6 is 0 Å². The molecule has 2 atom stereocenters. The largest absolute Gasteiger partial charge is 0.327 e. The van der Waals surface area contributed by atoms with Crippen molar-refractivity contribution in [1.29, 1.82) is 0 Å². The summed E-state index contributed by atoms with van der Waals surface area (Å²) in [5.74, 6) is -1.33. The maximum absolute atomic E-state index is 13.0. The van der Waals surface area contributed by atoms with Crippen molar-refractivity contribution in [2.75, 3.05) is 0 Å². The number of nitrogens with two attached hydrogens (primary N) is 1. The molecule has 1 aromatic heterocycles. The quantitative estimate of drug-likeness (QED) is 0.687. The van der Waals surface area contributed by atoms with Crippen molar-refractivity contribution in [2.45, 2.75) is 18.4 Å². The summed E-state index contributed by atoms with van der Waals surface area (Å²) < 4.78 is 25.9. The monoisotopic (exact) mass is 170 g/mol. The molecule has 0 saturated heterocycles. The lowest BCUT2D eigenvalue weighted by molar-refractivity contribution is 0.545. The molecule has 0 radical (unpaired) electrons. The maximum atomic E-state index is 13.0. The summed E-state index contributed by atoms with van der Waals surface area (Å²) in [6.07, 6.45) is 2.70. The molecule has 1 fully saturated rings. The van der Waals surface area contributed by atoms with Crippen LogP contribution in [0.1, 0.15) is 17.9 Å². The lowest BCUT2D eigenvalue weighted by Gasteiger charge is -2.00. The minimum atomic E-state index is -0.590. The summed E-state index contributed by atoms with van der Waals surface area (Å²) in [6.45, 7) is 0. The van der Waals surface area contributed by atoms with E-state index in [1.54, 1.807) is 0 Å². The van der Waals surface area contributed by atoms with Crippen LogP contribution in [0.25, 0.3) is 0 Å². The number of pyridine rings is 1. The molecule has 0 aromatic carbocycles. The fraction of sp³-hybridized carbons (Fsp3) is 0.375. The number of aromatic nitrogens is 1. The van der Waals surface area contributed by atoms with E-state index >= 15 is 0 Å². The Bertz CT molecular complexity index is 294. The molecule has 64 valence electrons. The standard InChI is InChI=1S/C8H8F2N2/c9-5-2-12-3-6(10)8(5)4-1-7(4)11/h2-4,7H,1,11H2/t4-,7-/m1/s1. The highest BCUT2D eigenvalue weighted by molar-refractivity contribution is 5.28. The van der Waals surface area contributed by atoms with Gasteiger partial charge >= 0.3 is 0 Å². The van der Waals surface area contributed by atoms with Crippen LogP contribution < -0.4 is 5.73 Å². The smallest absolute Gasteiger partial charge is 0.147 e. The minimum Gasteiger partial charge on any atom is -0.327 e. The van der Waals surface area contributed by atoms with Gasteiger partial charge in [-0.1, -0.05) is 0 Å². The second-order valence-electron chi connectivity index (χ2n) is 3.02. The molecular weight excluding hydrogens is 162 g/mol. The van der Waals surface area contributed by atoms with Gasteiger partial charge in [-0.15, -0.1) is 0 Å². The van der Waals surface area contributed by atoms with Gasteiger partial charge in [0.25, 0.3) is 0 Å². The molecular formula is C8H8F2N2. The molecule has 2 rings (SSSR count). The first kappa shape index (κ1) is 7.61. The molecule has 1 aliphatic carbocycles. The summed E-state index contributed by atoms with van der Waals surface area (Å²) in [5, 5.41) is 0. The molecule has 1 saturated carbocycles. The Morgan fingerprint density at radius 2 is 1.83 bits per heavy atom. The van der Waals surface area contributed by atoms with E-state index < -0.39 is 11.6 Å². The van der Waals surface area contributed by atoms with Crippen LogP contribution in [0, 0.1) is 11.6 Å². The van der Waals surface area contributed by atoms with Crippen LogP contribution in [0.3, 0.4) is 0 Å². The zero-order valence-electron chi connectivity index (χ0n) is 6.30. The van der Waals surface area contributed by atoms with Gasteiger partial charge in [0.05, 0.1) is 12.4 Å². The molecule has 1 heterocycles. The van der Waals surface area contributed by atoms with Crippen molar-refractivity contribution in [3.05, 3.63) is 29.6 Å². The van der Waals surface area contributed by atoms with Crippen LogP contribution in [-0.2, 0) is 0 Å². The summed E-state index contributed by atoms with van der Waals surface area (Å²) in [6, 6.07) is -0.0867. The van der Waals surface area contributed by atoms with E-state index in [0.29, 0.717) is 6.42 Å². The molecule has 0 bridgehead atoms. The van der Waals surface area contributed by atoms with E-state index in [1.807, 2.05) is 0 Å². The van der Waals surface area contributed by atoms with Gasteiger partial charge in [-0.3, -0.25) is 4.98 Å². The molecule has 0 aliphatic heterocycles. The fourth-order valence-corrected chi connectivity index (χ4v) is 1.32. The Kier molecular flexibility index (Phi) is 1.58. The van der Waals surface area contributed by atoms with E-state index in [2.05, 4.69) is 4.98 Å². The van der Waals surface area contributed by atoms with Crippen LogP contribution in [0.5, 0.6) is 0 Å². The van der Waals surface area contributed by atoms with E-state index in [0.717, 1.165) is 12.4 Å². The molecule has 4 heteroatoms. The fourth-order valence-electron chi connectivity index (χ4n) is 1.32. The van der Waals surface area contributed by atoms with Crippen molar-refractivity contribution < 1.29 is 8.78 Å². The highest BCUT2D eigenvalue weighted by atomic mass is 19.1. The number of rotatable bonds is 1. The first-order valence-electron chi connectivity index (χ1n) is 3.74. The average Bonchev–Trinajstić information content (AvgIpc) is 2.67. The summed E-state index contributed by atoms with van der Waals surface area (Å²) in [7, 11) is 0. The van der Waals surface area contributed by atoms with Gasteiger partial charge in [-0.2, -0.15) is 0 Å². The Morgan fingerprint density at radius 3 is 2.25 bits per heavy atom. The first-order valence-corrected chi connectivity index (χ1v) is 3.74. The normalized spacial score (nSPS) is 27.2. The number of hydrogen-bond donors (Lipinski definition) is 1. The van der Waals surface area contributed by atoms with Gasteiger partial charge in [0, 0.05) is 17.5 Å². The predicted octanol–water partition coefficient (Wildman–Crippen LogP) is 1.17. The second kappa shape index (κ2) is 2.48. The van der Waals surface area contributed by atoms with E-state index in [-0.39, 0.29) is 17.5 Å². The van der Waals surface area contributed by atoms with Crippen molar-refractivity contribution >= 4 is 0 Å². The average molecular weight is 170 g/mol. The first-order chi connectivity index (χ1) is 5.70. The van der Waals surface area contributed by atoms with E-state index in [1.165, 1.54) is 0 Å². The number of nitrogens with zero attached hydrogens (tertiary/aromatic N) is 1. The molecule has 2 nitrogen and oxygen atoms in total. The Labute approximate surface area is 68.4 Å². The van der Waals surface area contributed by atoms with Crippen molar-refractivity contribution in [3.8, 4) is 0 Å². The van der Waals surface area contributed by atoms with Gasteiger partial charge < -0.3 is 5.73 Å². The lowest BCUT2D eigenvalue weighted by atomic mass is 10.1. The topological polar surface area (TPSA) is 38.9 Å². The zero-order chi connectivity index (χ0) is 8.72. The Balaban J connectivity index is 2.41. The summed E-state index contributed by atoms with van der Waals surface area (Å²) in [5.41, 5.74) is 5.58. The molecule has 2 N–H and O–H groups in total. The number of hydrogen-bond acceptors (Lipinski definition) is 2. The third-order valence-electron chi connectivity index (χ3n) is 2.10. The van der Waals surface area contributed by atoms with Gasteiger partial charge in [-0.25, -0.2) is 8.78 Å². The second-order valence-corrected chi connectivity index (χ2v) is 3.02. The summed E-state index contributed by atoms with van der Waals surface area (Å²) >= 11 is 0. The van der Waals surface area contributed by atoms with Crippen molar-refractivity contribution in [1.82, 2.24) is 4.98 Å². The van der Waals surface area contributed by atoms with Crippen molar-refractivity contribution in [2.24, 2.45) is 5.73 Å². The predicted molar refractivity (Wildman–Crippen MR) is 39.5 cm³/mol. The van der Waals surface area contributed by atoms with E-state index in [9.17, 15) is 8.78 Å². The van der Waals surface area contributed by atoms with Crippen LogP contribution in [-0.4, -0.2) is 11.0 Å². The molecule has 0 spiro atoms. The van der Waals surface area contributed by atoms with Gasteiger partial charge in [0.1, 0.15) is 11.6 Å². The van der Waals surface area contributed by atoms with Crippen molar-refractivity contribution in [3.63, 3.8) is 0 Å². The molecule has 0 amide bonds. The lowest BCUT2D eigenvalue weighted by Crippen LogP contribution is -2.04. The van der Waals surface area contributed by atoms with Gasteiger partial charge in [-0.05, 0) is 6.42 Å².